The molecule has 5 heteroatoms. The fourth-order valence-corrected chi connectivity index (χ4v) is 2.67. The van der Waals surface area contributed by atoms with Crippen molar-refractivity contribution in [3.05, 3.63) is 29.8 Å². The van der Waals surface area contributed by atoms with Crippen molar-refractivity contribution in [2.24, 2.45) is 5.92 Å². The van der Waals surface area contributed by atoms with Crippen molar-refractivity contribution < 1.29 is 4.79 Å². The zero-order chi connectivity index (χ0) is 15.8. The fraction of sp³-hybridized carbons (Fsp3) is 0.529. The number of amides is 1. The van der Waals surface area contributed by atoms with E-state index in [1.807, 2.05) is 12.1 Å². The molecule has 0 atom stereocenters. The molecule has 1 heterocycles. The lowest BCUT2D eigenvalue weighted by atomic mass is 9.97. The lowest BCUT2D eigenvalue weighted by Crippen LogP contribution is -2.39. The Morgan fingerprint density at radius 2 is 2.00 bits per heavy atom. The Hall–Kier alpha value is -2.06. The van der Waals surface area contributed by atoms with Gasteiger partial charge in [-0.2, -0.15) is 5.26 Å². The number of hydrogen-bond acceptors (Lipinski definition) is 4. The third-order valence-electron chi connectivity index (χ3n) is 4.21. The summed E-state index contributed by atoms with van der Waals surface area (Å²) in [5, 5.41) is 14.8. The minimum atomic E-state index is 0.0160. The standard InChI is InChI=1S/C17H24N4O/c1-2-21-9-7-15(8-10-21)12-20-17(22)13-19-16-5-3-14(11-18)4-6-16/h3-6,15,19H,2,7-10,12-13H2,1H3,(H,20,22). The average molecular weight is 300 g/mol. The molecule has 1 aromatic carbocycles. The van der Waals surface area contributed by atoms with Crippen molar-refractivity contribution in [1.82, 2.24) is 10.2 Å². The van der Waals surface area contributed by atoms with Crippen LogP contribution >= 0.6 is 0 Å². The van der Waals surface area contributed by atoms with E-state index in [-0.39, 0.29) is 12.5 Å². The molecule has 5 nitrogen and oxygen atoms in total. The summed E-state index contributed by atoms with van der Waals surface area (Å²) in [6, 6.07) is 9.17. The highest BCUT2D eigenvalue weighted by Crippen LogP contribution is 2.15. The second kappa shape index (κ2) is 8.40. The van der Waals surface area contributed by atoms with Crippen LogP contribution in [0.1, 0.15) is 25.3 Å². The van der Waals surface area contributed by atoms with Gasteiger partial charge in [0.25, 0.3) is 0 Å². The monoisotopic (exact) mass is 300 g/mol. The van der Waals surface area contributed by atoms with Gasteiger partial charge in [-0.05, 0) is 62.7 Å². The molecule has 0 aromatic heterocycles. The number of nitriles is 1. The molecule has 0 unspecified atom stereocenters. The first-order valence-corrected chi connectivity index (χ1v) is 7.94. The zero-order valence-corrected chi connectivity index (χ0v) is 13.1. The normalized spacial score (nSPS) is 16.0. The number of nitrogens with zero attached hydrogens (tertiary/aromatic N) is 2. The number of carbonyl (C=O) groups excluding carboxylic acids is 1. The van der Waals surface area contributed by atoms with Crippen LogP contribution in [0.4, 0.5) is 5.69 Å². The number of piperidine rings is 1. The molecule has 2 N–H and O–H groups in total. The van der Waals surface area contributed by atoms with Crippen LogP contribution in [0.25, 0.3) is 0 Å². The molecule has 0 bridgehead atoms. The molecule has 1 fully saturated rings. The summed E-state index contributed by atoms with van der Waals surface area (Å²) >= 11 is 0. The molecule has 0 saturated carbocycles. The molecule has 1 amide bonds. The Morgan fingerprint density at radius 1 is 1.32 bits per heavy atom. The van der Waals surface area contributed by atoms with Gasteiger partial charge in [0.15, 0.2) is 0 Å². The third-order valence-corrected chi connectivity index (χ3v) is 4.21. The van der Waals surface area contributed by atoms with E-state index in [4.69, 9.17) is 5.26 Å². The summed E-state index contributed by atoms with van der Waals surface area (Å²) in [6.07, 6.45) is 2.33. The molecular formula is C17H24N4O. The highest BCUT2D eigenvalue weighted by molar-refractivity contribution is 5.80. The number of nitrogens with one attached hydrogen (secondary N) is 2. The first-order valence-electron chi connectivity index (χ1n) is 7.94. The van der Waals surface area contributed by atoms with Crippen molar-refractivity contribution in [3.63, 3.8) is 0 Å². The first kappa shape index (κ1) is 16.3. The molecule has 2 rings (SSSR count). The molecule has 118 valence electrons. The van der Waals surface area contributed by atoms with Gasteiger partial charge in [0, 0.05) is 12.2 Å². The molecule has 0 radical (unpaired) electrons. The van der Waals surface area contributed by atoms with E-state index in [0.29, 0.717) is 11.5 Å². The maximum atomic E-state index is 11.9. The highest BCUT2D eigenvalue weighted by atomic mass is 16.1. The van der Waals surface area contributed by atoms with Crippen molar-refractivity contribution in [2.75, 3.05) is 38.0 Å². The van der Waals surface area contributed by atoms with Gasteiger partial charge in [-0.3, -0.25) is 4.79 Å². The van der Waals surface area contributed by atoms with Gasteiger partial charge in [0.05, 0.1) is 18.2 Å². The molecular weight excluding hydrogens is 276 g/mol. The van der Waals surface area contributed by atoms with Gasteiger partial charge in [0.1, 0.15) is 0 Å². The summed E-state index contributed by atoms with van der Waals surface area (Å²) < 4.78 is 0. The van der Waals surface area contributed by atoms with E-state index in [2.05, 4.69) is 28.5 Å². The molecule has 0 aliphatic carbocycles. The average Bonchev–Trinajstić information content (AvgIpc) is 2.59. The minimum Gasteiger partial charge on any atom is -0.376 e. The van der Waals surface area contributed by atoms with E-state index >= 15 is 0 Å². The topological polar surface area (TPSA) is 68.2 Å². The van der Waals surface area contributed by atoms with Crippen LogP contribution < -0.4 is 10.6 Å². The van der Waals surface area contributed by atoms with Crippen molar-refractivity contribution in [1.29, 1.82) is 5.26 Å². The predicted octanol–water partition coefficient (Wildman–Crippen LogP) is 1.82. The molecule has 22 heavy (non-hydrogen) atoms. The van der Waals surface area contributed by atoms with Crippen molar-refractivity contribution in [2.45, 2.75) is 19.8 Å². The van der Waals surface area contributed by atoms with Gasteiger partial charge >= 0.3 is 0 Å². The molecule has 0 spiro atoms. The molecule has 1 aliphatic rings. The second-order valence-corrected chi connectivity index (χ2v) is 5.72. The number of benzene rings is 1. The van der Waals surface area contributed by atoms with Crippen LogP contribution in [0.2, 0.25) is 0 Å². The molecule has 1 aromatic rings. The third kappa shape index (κ3) is 5.05. The number of rotatable bonds is 6. The van der Waals surface area contributed by atoms with Gasteiger partial charge in [0.2, 0.25) is 5.91 Å². The SMILES string of the molecule is CCN1CCC(CNC(=O)CNc2ccc(C#N)cc2)CC1. The maximum absolute atomic E-state index is 11.9. The maximum Gasteiger partial charge on any atom is 0.239 e. The molecule has 1 saturated heterocycles. The van der Waals surface area contributed by atoms with E-state index in [0.717, 1.165) is 44.7 Å². The smallest absolute Gasteiger partial charge is 0.239 e. The van der Waals surface area contributed by atoms with Crippen LogP contribution in [0, 0.1) is 17.2 Å². The Bertz CT molecular complexity index is 512. The van der Waals surface area contributed by atoms with Gasteiger partial charge in [-0.1, -0.05) is 6.92 Å². The summed E-state index contributed by atoms with van der Waals surface area (Å²) in [5.74, 6) is 0.615. The number of hydrogen-bond donors (Lipinski definition) is 2. The van der Waals surface area contributed by atoms with Crippen molar-refractivity contribution >= 4 is 11.6 Å². The predicted molar refractivity (Wildman–Crippen MR) is 87.5 cm³/mol. The Morgan fingerprint density at radius 3 is 2.59 bits per heavy atom. The lowest BCUT2D eigenvalue weighted by Gasteiger charge is -2.31. The summed E-state index contributed by atoms with van der Waals surface area (Å²) in [4.78, 5) is 14.3. The van der Waals surface area contributed by atoms with Crippen LogP contribution in [-0.4, -0.2) is 43.5 Å². The quantitative estimate of drug-likeness (QED) is 0.841. The van der Waals surface area contributed by atoms with Crippen LogP contribution in [0.15, 0.2) is 24.3 Å². The minimum absolute atomic E-state index is 0.0160. The number of anilines is 1. The number of likely N-dealkylation sites (tertiary alicyclic amines) is 1. The van der Waals surface area contributed by atoms with E-state index in [1.54, 1.807) is 12.1 Å². The van der Waals surface area contributed by atoms with Gasteiger partial charge in [-0.25, -0.2) is 0 Å². The Labute approximate surface area is 132 Å². The van der Waals surface area contributed by atoms with Crippen LogP contribution in [0.3, 0.4) is 0 Å². The summed E-state index contributed by atoms with van der Waals surface area (Å²) in [5.41, 5.74) is 1.47. The zero-order valence-electron chi connectivity index (χ0n) is 13.1. The lowest BCUT2D eigenvalue weighted by molar-refractivity contribution is -0.119. The van der Waals surface area contributed by atoms with E-state index in [9.17, 15) is 4.79 Å². The van der Waals surface area contributed by atoms with Crippen LogP contribution in [0.5, 0.6) is 0 Å². The highest BCUT2D eigenvalue weighted by Gasteiger charge is 2.18. The Balaban J connectivity index is 1.64. The Kier molecular flexibility index (Phi) is 6.23. The fourth-order valence-electron chi connectivity index (χ4n) is 2.67. The first-order chi connectivity index (χ1) is 10.7. The van der Waals surface area contributed by atoms with Gasteiger partial charge in [-0.15, -0.1) is 0 Å². The van der Waals surface area contributed by atoms with Crippen molar-refractivity contribution in [3.8, 4) is 6.07 Å². The summed E-state index contributed by atoms with van der Waals surface area (Å²) in [7, 11) is 0. The molecule has 1 aliphatic heterocycles. The van der Waals surface area contributed by atoms with Crippen LogP contribution in [-0.2, 0) is 4.79 Å². The summed E-state index contributed by atoms with van der Waals surface area (Å²) in [6.45, 7) is 6.62. The van der Waals surface area contributed by atoms with E-state index < -0.39 is 0 Å². The van der Waals surface area contributed by atoms with E-state index in [1.165, 1.54) is 0 Å². The number of carbonyl (C=O) groups is 1. The second-order valence-electron chi connectivity index (χ2n) is 5.72. The van der Waals surface area contributed by atoms with Gasteiger partial charge < -0.3 is 15.5 Å². The largest absolute Gasteiger partial charge is 0.376 e.